The number of hydrogen-bond acceptors (Lipinski definition) is 1. The molecule has 5 heteroatoms. The lowest BCUT2D eigenvalue weighted by Gasteiger charge is -2.45. The Morgan fingerprint density at radius 1 is 0.964 bits per heavy atom. The molecular weight excluding hydrogens is 368 g/mol. The number of hydrogen-bond donors (Lipinski definition) is 0. The van der Waals surface area contributed by atoms with Crippen LogP contribution in [-0.2, 0) is 12.8 Å². The Kier molecular flexibility index (Phi) is 5.89. The molecule has 1 nitrogen and oxygen atoms in total. The number of ether oxygens (including phenoxy) is 1. The first-order valence-electron chi connectivity index (χ1n) is 10.9. The van der Waals surface area contributed by atoms with E-state index in [0.717, 1.165) is 24.2 Å². The first-order valence-corrected chi connectivity index (χ1v) is 10.9. The largest absolute Gasteiger partial charge is 0.429 e. The van der Waals surface area contributed by atoms with Crippen LogP contribution < -0.4 is 4.74 Å². The fourth-order valence-corrected chi connectivity index (χ4v) is 6.28. The minimum absolute atomic E-state index is 0.366. The summed E-state index contributed by atoms with van der Waals surface area (Å²) in [6, 6.07) is 1.22. The molecule has 0 bridgehead atoms. The van der Waals surface area contributed by atoms with Crippen LogP contribution in [0.3, 0.4) is 0 Å². The third-order valence-corrected chi connectivity index (χ3v) is 7.83. The van der Waals surface area contributed by atoms with Crippen LogP contribution in [0.5, 0.6) is 5.75 Å². The quantitative estimate of drug-likeness (QED) is 0.501. The van der Waals surface area contributed by atoms with E-state index in [1.54, 1.807) is 0 Å². The molecule has 2 saturated carbocycles. The number of benzene rings is 1. The Labute approximate surface area is 164 Å². The molecule has 0 N–H and O–H groups in total. The highest BCUT2D eigenvalue weighted by atomic mass is 19.3. The summed E-state index contributed by atoms with van der Waals surface area (Å²) in [6.07, 6.45) is 11.1. The summed E-state index contributed by atoms with van der Waals surface area (Å²) in [4.78, 5) is 0. The zero-order valence-electron chi connectivity index (χ0n) is 16.5. The standard InChI is InChI=1S/C23H30F4O/c1-2-13-3-4-15-10-16(6-5-14(15)9-13)17-7-8-19-18(11-17)12-20(24)22(21(19)25)28-23(26)27/h12-17,23H,2-11H2,1H3. The van der Waals surface area contributed by atoms with Crippen molar-refractivity contribution in [1.82, 2.24) is 0 Å². The number of rotatable bonds is 4. The monoisotopic (exact) mass is 398 g/mol. The molecule has 0 saturated heterocycles. The summed E-state index contributed by atoms with van der Waals surface area (Å²) in [7, 11) is 0. The van der Waals surface area contributed by atoms with Gasteiger partial charge in [0.2, 0.25) is 0 Å². The molecule has 0 spiro atoms. The highest BCUT2D eigenvalue weighted by molar-refractivity contribution is 5.40. The van der Waals surface area contributed by atoms with Crippen LogP contribution >= 0.6 is 0 Å². The predicted molar refractivity (Wildman–Crippen MR) is 100 cm³/mol. The summed E-state index contributed by atoms with van der Waals surface area (Å²) in [5.74, 6) is 0.770. The van der Waals surface area contributed by atoms with Gasteiger partial charge in [0.15, 0.2) is 17.4 Å². The average Bonchev–Trinajstić information content (AvgIpc) is 2.69. The van der Waals surface area contributed by atoms with Crippen molar-refractivity contribution in [2.24, 2.45) is 29.6 Å². The van der Waals surface area contributed by atoms with Crippen molar-refractivity contribution in [3.8, 4) is 5.75 Å². The molecule has 1 aromatic carbocycles. The topological polar surface area (TPSA) is 9.23 Å². The Hall–Kier alpha value is -1.26. The molecule has 0 aromatic heterocycles. The summed E-state index contributed by atoms with van der Waals surface area (Å²) in [5.41, 5.74) is 1.01. The Balaban J connectivity index is 1.45. The molecular formula is C23H30F4O. The highest BCUT2D eigenvalue weighted by Crippen LogP contribution is 2.49. The van der Waals surface area contributed by atoms with E-state index in [1.807, 2.05) is 0 Å². The first-order chi connectivity index (χ1) is 13.5. The van der Waals surface area contributed by atoms with Crippen LogP contribution in [0, 0.1) is 41.2 Å². The van der Waals surface area contributed by atoms with Gasteiger partial charge in [0.25, 0.3) is 0 Å². The molecule has 0 aliphatic heterocycles. The van der Waals surface area contributed by atoms with Crippen molar-refractivity contribution < 1.29 is 22.3 Å². The molecule has 0 heterocycles. The first kappa shape index (κ1) is 20.0. The summed E-state index contributed by atoms with van der Waals surface area (Å²) in [5, 5.41) is 0. The normalized spacial score (nSPS) is 32.7. The van der Waals surface area contributed by atoms with Crippen LogP contribution in [0.1, 0.15) is 69.4 Å². The maximum atomic E-state index is 14.5. The van der Waals surface area contributed by atoms with Gasteiger partial charge in [-0.3, -0.25) is 0 Å². The van der Waals surface area contributed by atoms with E-state index >= 15 is 0 Å². The van der Waals surface area contributed by atoms with Gasteiger partial charge in [-0.05, 0) is 98.1 Å². The molecule has 3 aliphatic carbocycles. The van der Waals surface area contributed by atoms with Crippen LogP contribution in [-0.4, -0.2) is 6.61 Å². The molecule has 5 unspecified atom stereocenters. The Morgan fingerprint density at radius 3 is 2.36 bits per heavy atom. The van der Waals surface area contributed by atoms with Gasteiger partial charge in [-0.1, -0.05) is 19.8 Å². The molecule has 3 aliphatic rings. The number of fused-ring (bicyclic) bond motifs is 2. The summed E-state index contributed by atoms with van der Waals surface area (Å²) < 4.78 is 57.7. The zero-order valence-corrected chi connectivity index (χ0v) is 16.5. The van der Waals surface area contributed by atoms with E-state index in [-0.39, 0.29) is 0 Å². The van der Waals surface area contributed by atoms with Gasteiger partial charge in [0, 0.05) is 0 Å². The zero-order chi connectivity index (χ0) is 19.8. The lowest BCUT2D eigenvalue weighted by molar-refractivity contribution is -0.0548. The summed E-state index contributed by atoms with van der Waals surface area (Å²) >= 11 is 0. The van der Waals surface area contributed by atoms with Gasteiger partial charge < -0.3 is 4.74 Å². The maximum Gasteiger partial charge on any atom is 0.387 e. The van der Waals surface area contributed by atoms with Gasteiger partial charge >= 0.3 is 6.61 Å². The average molecular weight is 398 g/mol. The van der Waals surface area contributed by atoms with Gasteiger partial charge in [-0.15, -0.1) is 0 Å². The van der Waals surface area contributed by atoms with Crippen molar-refractivity contribution >= 4 is 0 Å². The second-order valence-electron chi connectivity index (χ2n) is 9.20. The van der Waals surface area contributed by atoms with E-state index in [4.69, 9.17) is 0 Å². The molecule has 4 rings (SSSR count). The van der Waals surface area contributed by atoms with E-state index in [0.29, 0.717) is 35.8 Å². The SMILES string of the molecule is CCC1CCC2CC(C3CCc4c(cc(F)c(OC(F)F)c4F)C3)CCC2C1. The molecule has 156 valence electrons. The molecule has 1 aromatic rings. The fraction of sp³-hybridized carbons (Fsp3) is 0.739. The van der Waals surface area contributed by atoms with Crippen molar-refractivity contribution in [2.45, 2.75) is 77.7 Å². The van der Waals surface area contributed by atoms with E-state index in [1.165, 1.54) is 51.0 Å². The lowest BCUT2D eigenvalue weighted by atomic mass is 9.61. The van der Waals surface area contributed by atoms with Crippen LogP contribution in [0.2, 0.25) is 0 Å². The minimum atomic E-state index is -3.23. The van der Waals surface area contributed by atoms with Crippen molar-refractivity contribution in [2.75, 3.05) is 0 Å². The number of halogens is 4. The minimum Gasteiger partial charge on any atom is -0.429 e. The Bertz CT molecular complexity index is 704. The van der Waals surface area contributed by atoms with Crippen molar-refractivity contribution in [3.63, 3.8) is 0 Å². The molecule has 0 amide bonds. The molecule has 5 atom stereocenters. The predicted octanol–water partition coefficient (Wildman–Crippen LogP) is 6.91. The van der Waals surface area contributed by atoms with Crippen LogP contribution in [0.4, 0.5) is 17.6 Å². The fourth-order valence-electron chi connectivity index (χ4n) is 6.28. The molecule has 2 fully saturated rings. The number of alkyl halides is 2. The van der Waals surface area contributed by atoms with Gasteiger partial charge in [-0.25, -0.2) is 8.78 Å². The van der Waals surface area contributed by atoms with Gasteiger partial charge in [0.05, 0.1) is 0 Å². The molecule has 28 heavy (non-hydrogen) atoms. The Morgan fingerprint density at radius 2 is 1.64 bits per heavy atom. The van der Waals surface area contributed by atoms with E-state index < -0.39 is 24.0 Å². The third kappa shape index (κ3) is 3.91. The van der Waals surface area contributed by atoms with Gasteiger partial charge in [-0.2, -0.15) is 8.78 Å². The van der Waals surface area contributed by atoms with Crippen LogP contribution in [0.15, 0.2) is 6.07 Å². The third-order valence-electron chi connectivity index (χ3n) is 7.83. The molecule has 0 radical (unpaired) electrons. The lowest BCUT2D eigenvalue weighted by Crippen LogP contribution is -2.35. The van der Waals surface area contributed by atoms with Gasteiger partial charge in [0.1, 0.15) is 0 Å². The second-order valence-corrected chi connectivity index (χ2v) is 9.20. The van der Waals surface area contributed by atoms with Crippen molar-refractivity contribution in [1.29, 1.82) is 0 Å². The van der Waals surface area contributed by atoms with Crippen molar-refractivity contribution in [3.05, 3.63) is 28.8 Å². The highest BCUT2D eigenvalue weighted by Gasteiger charge is 2.39. The second kappa shape index (κ2) is 8.23. The smallest absolute Gasteiger partial charge is 0.387 e. The van der Waals surface area contributed by atoms with E-state index in [2.05, 4.69) is 11.7 Å². The maximum absolute atomic E-state index is 14.5. The van der Waals surface area contributed by atoms with E-state index in [9.17, 15) is 17.6 Å². The van der Waals surface area contributed by atoms with Crippen LogP contribution in [0.25, 0.3) is 0 Å². The summed E-state index contributed by atoms with van der Waals surface area (Å²) in [6.45, 7) is -0.928.